The molecule has 0 bridgehead atoms. The van der Waals surface area contributed by atoms with E-state index in [4.69, 9.17) is 16.3 Å². The topological polar surface area (TPSA) is 32.7 Å². The Morgan fingerprint density at radius 2 is 2.11 bits per heavy atom. The van der Waals surface area contributed by atoms with E-state index in [1.165, 1.54) is 0 Å². The number of nitrogens with zero attached hydrogens (tertiary/aromatic N) is 1. The molecule has 3 nitrogen and oxygen atoms in total. The molecular weight excluding hydrogens is 250 g/mol. The zero-order valence-corrected chi connectivity index (χ0v) is 11.5. The maximum Gasteiger partial charge on any atom is 0.0702 e. The highest BCUT2D eigenvalue weighted by atomic mass is 35.5. The summed E-state index contributed by atoms with van der Waals surface area (Å²) in [6.07, 6.45) is 2.28. The first-order valence-electron chi connectivity index (χ1n) is 6.37. The van der Waals surface area contributed by atoms with Gasteiger partial charge in [-0.2, -0.15) is 0 Å². The van der Waals surface area contributed by atoms with Crippen LogP contribution in [-0.2, 0) is 11.3 Å². The molecule has 0 radical (unpaired) electrons. The standard InChI is InChI=1S/C14H20ClNO2/c1-18-10-11-4-6-16(7-5-11)14-3-2-13(15)8-12(14)9-17/h2-3,8,11,17H,4-7,9-10H2,1H3. The van der Waals surface area contributed by atoms with Gasteiger partial charge >= 0.3 is 0 Å². The second-order valence-electron chi connectivity index (χ2n) is 4.82. The van der Waals surface area contributed by atoms with Gasteiger partial charge in [-0.05, 0) is 37.0 Å². The number of aliphatic hydroxyl groups excluding tert-OH is 1. The average molecular weight is 270 g/mol. The van der Waals surface area contributed by atoms with E-state index in [-0.39, 0.29) is 6.61 Å². The van der Waals surface area contributed by atoms with Crippen LogP contribution in [0.4, 0.5) is 5.69 Å². The first-order chi connectivity index (χ1) is 8.74. The molecule has 0 atom stereocenters. The van der Waals surface area contributed by atoms with Gasteiger partial charge in [-0.15, -0.1) is 0 Å². The number of benzene rings is 1. The van der Waals surface area contributed by atoms with Gasteiger partial charge in [-0.1, -0.05) is 11.6 Å². The molecule has 1 aromatic carbocycles. The molecule has 1 aliphatic heterocycles. The van der Waals surface area contributed by atoms with Gasteiger partial charge in [0.25, 0.3) is 0 Å². The minimum atomic E-state index is 0.0356. The summed E-state index contributed by atoms with van der Waals surface area (Å²) in [5.74, 6) is 0.663. The molecule has 0 saturated carbocycles. The number of piperidine rings is 1. The Hall–Kier alpha value is -0.770. The lowest BCUT2D eigenvalue weighted by molar-refractivity contribution is 0.139. The summed E-state index contributed by atoms with van der Waals surface area (Å²) in [6.45, 7) is 2.92. The van der Waals surface area contributed by atoms with Gasteiger partial charge in [0.15, 0.2) is 0 Å². The Morgan fingerprint density at radius 3 is 2.72 bits per heavy atom. The summed E-state index contributed by atoms with van der Waals surface area (Å²) in [5.41, 5.74) is 2.02. The minimum Gasteiger partial charge on any atom is -0.392 e. The zero-order chi connectivity index (χ0) is 13.0. The van der Waals surface area contributed by atoms with E-state index in [2.05, 4.69) is 4.90 Å². The van der Waals surface area contributed by atoms with Crippen LogP contribution in [0.2, 0.25) is 5.02 Å². The van der Waals surface area contributed by atoms with Crippen molar-refractivity contribution in [1.29, 1.82) is 0 Å². The summed E-state index contributed by atoms with van der Waals surface area (Å²) in [4.78, 5) is 2.33. The highest BCUT2D eigenvalue weighted by molar-refractivity contribution is 6.30. The number of halogens is 1. The predicted molar refractivity (Wildman–Crippen MR) is 74.2 cm³/mol. The molecule has 18 heavy (non-hydrogen) atoms. The Bertz CT molecular complexity index is 389. The zero-order valence-electron chi connectivity index (χ0n) is 10.7. The minimum absolute atomic E-state index is 0.0356. The summed E-state index contributed by atoms with van der Waals surface area (Å²) < 4.78 is 5.21. The van der Waals surface area contributed by atoms with Gasteiger partial charge in [-0.3, -0.25) is 0 Å². The predicted octanol–water partition coefficient (Wildman–Crippen LogP) is 2.70. The van der Waals surface area contributed by atoms with Crippen LogP contribution in [0.1, 0.15) is 18.4 Å². The lowest BCUT2D eigenvalue weighted by atomic mass is 9.97. The number of ether oxygens (including phenoxy) is 1. The van der Waals surface area contributed by atoms with Crippen LogP contribution in [0.15, 0.2) is 18.2 Å². The average Bonchev–Trinajstić information content (AvgIpc) is 2.40. The van der Waals surface area contributed by atoms with Crippen molar-refractivity contribution in [2.24, 2.45) is 5.92 Å². The Labute approximate surface area is 113 Å². The summed E-state index contributed by atoms with van der Waals surface area (Å²) in [7, 11) is 1.76. The lowest BCUT2D eigenvalue weighted by Gasteiger charge is -2.34. The van der Waals surface area contributed by atoms with E-state index in [0.717, 1.165) is 43.8 Å². The van der Waals surface area contributed by atoms with Gasteiger partial charge in [0, 0.05) is 43.1 Å². The van der Waals surface area contributed by atoms with Crippen molar-refractivity contribution in [2.45, 2.75) is 19.4 Å². The molecule has 0 aliphatic carbocycles. The van der Waals surface area contributed by atoms with Gasteiger partial charge in [0.05, 0.1) is 6.61 Å². The van der Waals surface area contributed by atoms with Crippen LogP contribution in [0, 0.1) is 5.92 Å². The molecule has 0 unspecified atom stereocenters. The molecule has 1 fully saturated rings. The SMILES string of the molecule is COCC1CCN(c2ccc(Cl)cc2CO)CC1. The first kappa shape index (κ1) is 13.7. The quantitative estimate of drug-likeness (QED) is 0.912. The van der Waals surface area contributed by atoms with Crippen molar-refractivity contribution in [3.05, 3.63) is 28.8 Å². The van der Waals surface area contributed by atoms with Gasteiger partial charge in [0.2, 0.25) is 0 Å². The maximum atomic E-state index is 9.40. The Balaban J connectivity index is 2.05. The molecule has 1 N–H and O–H groups in total. The van der Waals surface area contributed by atoms with Crippen molar-refractivity contribution in [3.63, 3.8) is 0 Å². The molecule has 0 amide bonds. The van der Waals surface area contributed by atoms with Crippen molar-refractivity contribution in [2.75, 3.05) is 31.7 Å². The van der Waals surface area contributed by atoms with Crippen LogP contribution >= 0.6 is 11.6 Å². The molecule has 2 rings (SSSR count). The largest absolute Gasteiger partial charge is 0.392 e. The van der Waals surface area contributed by atoms with Crippen LogP contribution < -0.4 is 4.90 Å². The lowest BCUT2D eigenvalue weighted by Crippen LogP contribution is -2.35. The second-order valence-corrected chi connectivity index (χ2v) is 5.25. The fourth-order valence-electron chi connectivity index (χ4n) is 2.57. The molecule has 1 aliphatic rings. The van der Waals surface area contributed by atoms with Gasteiger partial charge in [0.1, 0.15) is 0 Å². The van der Waals surface area contributed by atoms with Gasteiger partial charge in [-0.25, -0.2) is 0 Å². The van der Waals surface area contributed by atoms with E-state index in [9.17, 15) is 5.11 Å². The molecule has 1 aromatic rings. The molecule has 0 aromatic heterocycles. The molecule has 1 heterocycles. The molecule has 100 valence electrons. The molecule has 4 heteroatoms. The number of anilines is 1. The summed E-state index contributed by atoms with van der Waals surface area (Å²) in [6, 6.07) is 5.74. The van der Waals surface area contributed by atoms with E-state index in [0.29, 0.717) is 10.9 Å². The molecular formula is C14H20ClNO2. The third-order valence-electron chi connectivity index (χ3n) is 3.57. The second kappa shape index (κ2) is 6.41. The smallest absolute Gasteiger partial charge is 0.0702 e. The van der Waals surface area contributed by atoms with Gasteiger partial charge < -0.3 is 14.7 Å². The van der Waals surface area contributed by atoms with Crippen LogP contribution in [0.3, 0.4) is 0 Å². The van der Waals surface area contributed by atoms with Crippen LogP contribution in [-0.4, -0.2) is 31.9 Å². The van der Waals surface area contributed by atoms with E-state index in [1.807, 2.05) is 18.2 Å². The fourth-order valence-corrected chi connectivity index (χ4v) is 2.76. The third-order valence-corrected chi connectivity index (χ3v) is 3.80. The maximum absolute atomic E-state index is 9.40. The number of hydrogen-bond donors (Lipinski definition) is 1. The van der Waals surface area contributed by atoms with Crippen molar-refractivity contribution >= 4 is 17.3 Å². The highest BCUT2D eigenvalue weighted by Crippen LogP contribution is 2.28. The van der Waals surface area contributed by atoms with E-state index < -0.39 is 0 Å². The number of aliphatic hydroxyl groups is 1. The molecule has 1 saturated heterocycles. The van der Waals surface area contributed by atoms with E-state index in [1.54, 1.807) is 7.11 Å². The number of rotatable bonds is 4. The Kier molecular flexibility index (Phi) is 4.87. The van der Waals surface area contributed by atoms with Crippen molar-refractivity contribution < 1.29 is 9.84 Å². The normalized spacial score (nSPS) is 17.2. The Morgan fingerprint density at radius 1 is 1.39 bits per heavy atom. The van der Waals surface area contributed by atoms with Crippen molar-refractivity contribution in [1.82, 2.24) is 0 Å². The van der Waals surface area contributed by atoms with Crippen molar-refractivity contribution in [3.8, 4) is 0 Å². The highest BCUT2D eigenvalue weighted by Gasteiger charge is 2.20. The first-order valence-corrected chi connectivity index (χ1v) is 6.75. The molecule has 0 spiro atoms. The number of hydrogen-bond acceptors (Lipinski definition) is 3. The fraction of sp³-hybridized carbons (Fsp3) is 0.571. The van der Waals surface area contributed by atoms with Crippen LogP contribution in [0.5, 0.6) is 0 Å². The number of methoxy groups -OCH3 is 1. The van der Waals surface area contributed by atoms with E-state index >= 15 is 0 Å². The monoisotopic (exact) mass is 269 g/mol. The third kappa shape index (κ3) is 3.16. The summed E-state index contributed by atoms with van der Waals surface area (Å²) >= 11 is 5.95. The summed E-state index contributed by atoms with van der Waals surface area (Å²) in [5, 5.41) is 10.1. The van der Waals surface area contributed by atoms with Crippen LogP contribution in [0.25, 0.3) is 0 Å².